The molecule has 1 aromatic heterocycles. The van der Waals surface area contributed by atoms with Crippen LogP contribution in [-0.4, -0.2) is 51.1 Å². The number of rotatable bonds is 4. The number of piperidine rings is 1. The number of halogens is 2. The number of fused-ring (bicyclic) bond motifs is 1. The van der Waals surface area contributed by atoms with E-state index in [4.69, 9.17) is 11.6 Å². The minimum Gasteiger partial charge on any atom is -0.316 e. The summed E-state index contributed by atoms with van der Waals surface area (Å²) in [6.07, 6.45) is 4.91. The van der Waals surface area contributed by atoms with Gasteiger partial charge in [0.1, 0.15) is 11.9 Å². The van der Waals surface area contributed by atoms with E-state index in [1.165, 1.54) is 17.1 Å². The summed E-state index contributed by atoms with van der Waals surface area (Å²) in [6.45, 7) is 3.68. The minimum absolute atomic E-state index is 0.239. The smallest absolute Gasteiger partial charge is 0.316 e. The quantitative estimate of drug-likeness (QED) is 0.512. The van der Waals surface area contributed by atoms with Gasteiger partial charge in [-0.3, -0.25) is 4.79 Å². The zero-order valence-corrected chi connectivity index (χ0v) is 18.6. The van der Waals surface area contributed by atoms with Crippen LogP contribution in [0.2, 0.25) is 5.02 Å². The first kappa shape index (κ1) is 21.0. The summed E-state index contributed by atoms with van der Waals surface area (Å²) in [6, 6.07) is 10.6. The molecule has 0 bridgehead atoms. The molecule has 1 atom stereocenters. The fraction of sp³-hybridized carbons (Fsp3) is 0.333. The SMILES string of the molecule is CCN1C(=O)N(N2CCCCC2)C(=O)C1c1cn(-c2ccc(F)cc2)c2ccc(Cl)cc12. The lowest BCUT2D eigenvalue weighted by atomic mass is 10.0. The van der Waals surface area contributed by atoms with Crippen LogP contribution < -0.4 is 0 Å². The van der Waals surface area contributed by atoms with E-state index in [1.807, 2.05) is 34.8 Å². The van der Waals surface area contributed by atoms with Gasteiger partial charge in [0, 0.05) is 47.5 Å². The normalized spacial score (nSPS) is 20.0. The first-order valence-electron chi connectivity index (χ1n) is 11.0. The summed E-state index contributed by atoms with van der Waals surface area (Å²) in [5.41, 5.74) is 2.31. The number of amides is 3. The highest BCUT2D eigenvalue weighted by atomic mass is 35.5. The number of urea groups is 1. The summed E-state index contributed by atoms with van der Waals surface area (Å²) in [7, 11) is 0. The van der Waals surface area contributed by atoms with E-state index in [9.17, 15) is 14.0 Å². The molecule has 0 spiro atoms. The Kier molecular flexibility index (Phi) is 5.39. The predicted molar refractivity (Wildman–Crippen MR) is 121 cm³/mol. The number of hydrogen-bond donors (Lipinski definition) is 0. The molecule has 1 unspecified atom stereocenters. The van der Waals surface area contributed by atoms with Crippen molar-refractivity contribution in [1.82, 2.24) is 19.5 Å². The van der Waals surface area contributed by atoms with E-state index in [0.717, 1.165) is 35.9 Å². The molecule has 32 heavy (non-hydrogen) atoms. The Labute approximate surface area is 190 Å². The van der Waals surface area contributed by atoms with E-state index in [2.05, 4.69) is 0 Å². The van der Waals surface area contributed by atoms with Crippen molar-refractivity contribution < 1.29 is 14.0 Å². The number of imide groups is 1. The number of hydrogen-bond acceptors (Lipinski definition) is 3. The summed E-state index contributed by atoms with van der Waals surface area (Å²) < 4.78 is 15.4. The lowest BCUT2D eigenvalue weighted by Crippen LogP contribution is -2.49. The lowest BCUT2D eigenvalue weighted by Gasteiger charge is -2.32. The topological polar surface area (TPSA) is 48.8 Å². The molecule has 6 nitrogen and oxygen atoms in total. The van der Waals surface area contributed by atoms with Gasteiger partial charge in [-0.15, -0.1) is 0 Å². The number of hydrazine groups is 1. The van der Waals surface area contributed by atoms with Crippen LogP contribution in [0.4, 0.5) is 9.18 Å². The lowest BCUT2D eigenvalue weighted by molar-refractivity contribution is -0.140. The van der Waals surface area contributed by atoms with Crippen LogP contribution in [0.1, 0.15) is 37.8 Å². The fourth-order valence-electron chi connectivity index (χ4n) is 4.79. The molecule has 3 amide bonds. The third-order valence-corrected chi connectivity index (χ3v) is 6.57. The monoisotopic (exact) mass is 454 g/mol. The van der Waals surface area contributed by atoms with Crippen molar-refractivity contribution in [2.24, 2.45) is 0 Å². The van der Waals surface area contributed by atoms with Crippen LogP contribution in [0.3, 0.4) is 0 Å². The minimum atomic E-state index is -0.739. The third-order valence-electron chi connectivity index (χ3n) is 6.33. The van der Waals surface area contributed by atoms with Crippen molar-refractivity contribution in [3.63, 3.8) is 0 Å². The Bertz CT molecular complexity index is 1190. The van der Waals surface area contributed by atoms with E-state index >= 15 is 0 Å². The van der Waals surface area contributed by atoms with Gasteiger partial charge in [0.05, 0.1) is 5.52 Å². The highest BCUT2D eigenvalue weighted by molar-refractivity contribution is 6.31. The number of benzene rings is 2. The molecular weight excluding hydrogens is 431 g/mol. The first-order valence-corrected chi connectivity index (χ1v) is 11.3. The first-order chi connectivity index (χ1) is 15.5. The van der Waals surface area contributed by atoms with Crippen LogP contribution in [0, 0.1) is 5.82 Å². The zero-order valence-electron chi connectivity index (χ0n) is 17.8. The van der Waals surface area contributed by atoms with Crippen LogP contribution >= 0.6 is 11.6 Å². The van der Waals surface area contributed by atoms with E-state index in [1.54, 1.807) is 23.1 Å². The van der Waals surface area contributed by atoms with Gasteiger partial charge < -0.3 is 9.47 Å². The van der Waals surface area contributed by atoms with Gasteiger partial charge in [0.2, 0.25) is 0 Å². The van der Waals surface area contributed by atoms with Crippen LogP contribution in [0.25, 0.3) is 16.6 Å². The molecule has 2 fully saturated rings. The average molecular weight is 455 g/mol. The van der Waals surface area contributed by atoms with Gasteiger partial charge in [0.25, 0.3) is 5.91 Å². The van der Waals surface area contributed by atoms with Gasteiger partial charge in [-0.1, -0.05) is 18.0 Å². The van der Waals surface area contributed by atoms with Crippen molar-refractivity contribution >= 4 is 34.4 Å². The Morgan fingerprint density at radius 3 is 2.44 bits per heavy atom. The van der Waals surface area contributed by atoms with Crippen molar-refractivity contribution in [2.75, 3.05) is 19.6 Å². The maximum atomic E-state index is 13.6. The number of carbonyl (C=O) groups excluding carboxylic acids is 2. The highest BCUT2D eigenvalue weighted by Crippen LogP contribution is 2.39. The molecule has 2 aliphatic heterocycles. The fourth-order valence-corrected chi connectivity index (χ4v) is 4.96. The highest BCUT2D eigenvalue weighted by Gasteiger charge is 2.49. The largest absolute Gasteiger partial charge is 0.342 e. The summed E-state index contributed by atoms with van der Waals surface area (Å²) in [5.74, 6) is -0.559. The Hall–Kier alpha value is -2.90. The Balaban J connectivity index is 1.64. The summed E-state index contributed by atoms with van der Waals surface area (Å²) >= 11 is 6.32. The zero-order chi connectivity index (χ0) is 22.4. The summed E-state index contributed by atoms with van der Waals surface area (Å²) in [5, 5.41) is 4.55. The third kappa shape index (κ3) is 3.36. The molecule has 3 aromatic rings. The molecule has 2 aromatic carbocycles. The Morgan fingerprint density at radius 1 is 1.03 bits per heavy atom. The van der Waals surface area contributed by atoms with Gasteiger partial charge >= 0.3 is 6.03 Å². The second-order valence-corrected chi connectivity index (χ2v) is 8.66. The van der Waals surface area contributed by atoms with Crippen LogP contribution in [-0.2, 0) is 4.79 Å². The second-order valence-electron chi connectivity index (χ2n) is 8.23. The molecule has 0 N–H and O–H groups in total. The predicted octanol–water partition coefficient (Wildman–Crippen LogP) is 5.15. The molecule has 0 radical (unpaired) electrons. The molecule has 3 heterocycles. The molecule has 5 rings (SSSR count). The maximum absolute atomic E-state index is 13.6. The van der Waals surface area contributed by atoms with E-state index < -0.39 is 6.04 Å². The van der Waals surface area contributed by atoms with Crippen molar-refractivity contribution in [3.8, 4) is 5.69 Å². The molecule has 166 valence electrons. The number of carbonyl (C=O) groups is 2. The van der Waals surface area contributed by atoms with E-state index in [-0.39, 0.29) is 17.8 Å². The number of nitrogens with zero attached hydrogens (tertiary/aromatic N) is 4. The maximum Gasteiger partial charge on any atom is 0.342 e. The van der Waals surface area contributed by atoms with Crippen molar-refractivity contribution in [3.05, 3.63) is 65.1 Å². The molecule has 8 heteroatoms. The van der Waals surface area contributed by atoms with Gasteiger partial charge in [-0.05, 0) is 62.2 Å². The van der Waals surface area contributed by atoms with Gasteiger partial charge in [-0.2, -0.15) is 5.01 Å². The van der Waals surface area contributed by atoms with Gasteiger partial charge in [0.15, 0.2) is 0 Å². The molecule has 0 aliphatic carbocycles. The average Bonchev–Trinajstić information content (AvgIpc) is 3.28. The van der Waals surface area contributed by atoms with Crippen LogP contribution in [0.5, 0.6) is 0 Å². The molecule has 2 saturated heterocycles. The standard InChI is InChI=1S/C24H24ClFN4O2/c1-2-28-22(23(31)30(24(28)32)27-12-4-3-5-13-27)20-15-29(18-9-7-17(26)8-10-18)21-11-6-16(25)14-19(20)21/h6-11,14-15,22H,2-5,12-13H2,1H3. The van der Waals surface area contributed by atoms with Crippen molar-refractivity contribution in [2.45, 2.75) is 32.2 Å². The van der Waals surface area contributed by atoms with E-state index in [0.29, 0.717) is 30.2 Å². The number of likely N-dealkylation sites (N-methyl/N-ethyl adjacent to an activating group) is 1. The summed E-state index contributed by atoms with van der Waals surface area (Å²) in [4.78, 5) is 28.5. The van der Waals surface area contributed by atoms with Crippen molar-refractivity contribution in [1.29, 1.82) is 0 Å². The number of aromatic nitrogens is 1. The molecular formula is C24H24ClFN4O2. The Morgan fingerprint density at radius 2 is 1.75 bits per heavy atom. The van der Waals surface area contributed by atoms with Gasteiger partial charge in [-0.25, -0.2) is 14.2 Å². The molecule has 2 aliphatic rings. The van der Waals surface area contributed by atoms with Crippen LogP contribution in [0.15, 0.2) is 48.7 Å². The molecule has 0 saturated carbocycles. The second kappa shape index (κ2) is 8.22.